The summed E-state index contributed by atoms with van der Waals surface area (Å²) in [6.07, 6.45) is -8.67. The van der Waals surface area contributed by atoms with Crippen LogP contribution in [-0.2, 0) is 23.6 Å². The van der Waals surface area contributed by atoms with Gasteiger partial charge in [-0.05, 0) is 36.2 Å². The van der Waals surface area contributed by atoms with Gasteiger partial charge in [0.25, 0.3) is 0 Å². The third-order valence-electron chi connectivity index (χ3n) is 4.30. The van der Waals surface area contributed by atoms with Crippen molar-refractivity contribution in [2.75, 3.05) is 12.3 Å². The predicted molar refractivity (Wildman–Crippen MR) is 102 cm³/mol. The minimum atomic E-state index is -4.52. The highest BCUT2D eigenvalue weighted by Crippen LogP contribution is 2.33. The molecule has 3 rings (SSSR count). The Morgan fingerprint density at radius 3 is 2.27 bits per heavy atom. The van der Waals surface area contributed by atoms with Gasteiger partial charge in [-0.15, -0.1) is 0 Å². The van der Waals surface area contributed by atoms with E-state index in [-0.39, 0.29) is 22.8 Å². The number of benzene rings is 2. The minimum absolute atomic E-state index is 0.0473. The van der Waals surface area contributed by atoms with Crippen molar-refractivity contribution in [3.63, 3.8) is 0 Å². The molecule has 1 aliphatic heterocycles. The first-order valence-electron chi connectivity index (χ1n) is 8.89. The van der Waals surface area contributed by atoms with E-state index in [1.165, 1.54) is 40.9 Å². The van der Waals surface area contributed by atoms with Crippen LogP contribution >= 0.6 is 11.8 Å². The van der Waals surface area contributed by atoms with Crippen molar-refractivity contribution in [3.8, 4) is 0 Å². The molecule has 0 bridgehead atoms. The van der Waals surface area contributed by atoms with Crippen molar-refractivity contribution in [1.82, 2.24) is 4.90 Å². The van der Waals surface area contributed by atoms with Crippen LogP contribution in [0.2, 0.25) is 0 Å². The largest absolute Gasteiger partial charge is 0.416 e. The van der Waals surface area contributed by atoms with Gasteiger partial charge in [0.05, 0.1) is 23.2 Å². The zero-order chi connectivity index (χ0) is 21.9. The number of amidine groups is 1. The van der Waals surface area contributed by atoms with Gasteiger partial charge in [0, 0.05) is 12.3 Å². The van der Waals surface area contributed by atoms with Crippen LogP contribution in [0.15, 0.2) is 53.5 Å². The normalized spacial score (nSPS) is 16.7. The maximum atomic E-state index is 12.9. The molecule has 0 aromatic heterocycles. The smallest absolute Gasteiger partial charge is 0.291 e. The maximum absolute atomic E-state index is 12.9. The Bertz CT molecular complexity index is 955. The minimum Gasteiger partial charge on any atom is -0.291 e. The summed E-state index contributed by atoms with van der Waals surface area (Å²) in [7, 11) is 0. The molecule has 1 fully saturated rings. The van der Waals surface area contributed by atoms with Gasteiger partial charge in [0.15, 0.2) is 5.17 Å². The van der Waals surface area contributed by atoms with Crippen LogP contribution in [0.1, 0.15) is 23.1 Å². The quantitative estimate of drug-likeness (QED) is 0.549. The Morgan fingerprint density at radius 2 is 1.60 bits per heavy atom. The lowest BCUT2D eigenvalue weighted by atomic mass is 10.1. The van der Waals surface area contributed by atoms with Gasteiger partial charge in [-0.2, -0.15) is 26.3 Å². The number of carbonyl (C=O) groups excluding carboxylic acids is 1. The molecule has 1 heterocycles. The fourth-order valence-corrected chi connectivity index (χ4v) is 3.85. The van der Waals surface area contributed by atoms with Crippen molar-refractivity contribution >= 4 is 28.5 Å². The summed E-state index contributed by atoms with van der Waals surface area (Å²) in [5.74, 6) is 0.165. The molecule has 0 radical (unpaired) electrons. The Balaban J connectivity index is 1.82. The van der Waals surface area contributed by atoms with Crippen LogP contribution in [0.5, 0.6) is 0 Å². The zero-order valence-corrected chi connectivity index (χ0v) is 16.2. The van der Waals surface area contributed by atoms with Gasteiger partial charge in [-0.1, -0.05) is 36.0 Å². The van der Waals surface area contributed by atoms with Gasteiger partial charge in [-0.3, -0.25) is 9.69 Å². The number of nitrogens with zero attached hydrogens (tertiary/aromatic N) is 2. The SMILES string of the molecule is O=C(Cc1cccc(C(F)(F)F)c1)N1CCCSC1=Nc1cccc(C(F)(F)F)c1. The first-order valence-corrected chi connectivity index (χ1v) is 9.88. The summed E-state index contributed by atoms with van der Waals surface area (Å²) < 4.78 is 77.4. The lowest BCUT2D eigenvalue weighted by Crippen LogP contribution is -2.40. The van der Waals surface area contributed by atoms with Crippen LogP contribution in [0.3, 0.4) is 0 Å². The molecule has 1 saturated heterocycles. The zero-order valence-electron chi connectivity index (χ0n) is 15.4. The number of aliphatic imine (C=N–C) groups is 1. The van der Waals surface area contributed by atoms with Gasteiger partial charge < -0.3 is 0 Å². The Kier molecular flexibility index (Phi) is 6.44. The molecule has 30 heavy (non-hydrogen) atoms. The van der Waals surface area contributed by atoms with E-state index in [0.29, 0.717) is 18.7 Å². The Morgan fingerprint density at radius 1 is 0.967 bits per heavy atom. The molecule has 3 nitrogen and oxygen atoms in total. The van der Waals surface area contributed by atoms with Gasteiger partial charge in [-0.25, -0.2) is 4.99 Å². The van der Waals surface area contributed by atoms with Gasteiger partial charge in [0.2, 0.25) is 5.91 Å². The number of rotatable bonds is 3. The van der Waals surface area contributed by atoms with Gasteiger partial charge in [0.1, 0.15) is 0 Å². The maximum Gasteiger partial charge on any atom is 0.416 e. The average molecular weight is 446 g/mol. The average Bonchev–Trinajstić information content (AvgIpc) is 2.67. The highest BCUT2D eigenvalue weighted by Gasteiger charge is 2.32. The number of carbonyl (C=O) groups is 1. The summed E-state index contributed by atoms with van der Waals surface area (Å²) in [4.78, 5) is 18.2. The predicted octanol–water partition coefficient (Wildman–Crippen LogP) is 5.92. The van der Waals surface area contributed by atoms with E-state index in [1.807, 2.05) is 0 Å². The van der Waals surface area contributed by atoms with Crippen LogP contribution in [0, 0.1) is 0 Å². The van der Waals surface area contributed by atoms with Crippen molar-refractivity contribution in [2.45, 2.75) is 25.2 Å². The van der Waals surface area contributed by atoms with Crippen LogP contribution in [-0.4, -0.2) is 28.3 Å². The molecule has 2 aromatic carbocycles. The third kappa shape index (κ3) is 5.56. The second kappa shape index (κ2) is 8.71. The molecule has 0 N–H and O–H groups in total. The number of alkyl halides is 6. The number of hydrogen-bond donors (Lipinski definition) is 0. The summed E-state index contributed by atoms with van der Waals surface area (Å²) in [5.41, 5.74) is -1.46. The molecule has 0 spiro atoms. The molecule has 10 heteroatoms. The van der Waals surface area contributed by atoms with E-state index in [1.54, 1.807) is 0 Å². The van der Waals surface area contributed by atoms with E-state index in [9.17, 15) is 31.1 Å². The standard InChI is InChI=1S/C20H16F6N2OS/c21-19(22,23)14-5-1-4-13(10-14)11-17(29)28-8-3-9-30-18(28)27-16-7-2-6-15(12-16)20(24,25)26/h1-2,4-7,10,12H,3,8-9,11H2. The molecule has 1 amide bonds. The van der Waals surface area contributed by atoms with E-state index in [4.69, 9.17) is 0 Å². The van der Waals surface area contributed by atoms with Gasteiger partial charge >= 0.3 is 12.4 Å². The Labute approximate surface area is 172 Å². The van der Waals surface area contributed by atoms with Crippen molar-refractivity contribution in [2.24, 2.45) is 4.99 Å². The third-order valence-corrected chi connectivity index (χ3v) is 5.36. The van der Waals surface area contributed by atoms with Crippen molar-refractivity contribution < 1.29 is 31.1 Å². The Hall–Kier alpha value is -2.49. The second-order valence-corrected chi connectivity index (χ2v) is 7.63. The van der Waals surface area contributed by atoms with E-state index >= 15 is 0 Å². The molecule has 1 aliphatic rings. The van der Waals surface area contributed by atoms with E-state index in [0.717, 1.165) is 24.3 Å². The number of amides is 1. The summed E-state index contributed by atoms with van der Waals surface area (Å²) in [6.45, 7) is 0.294. The monoisotopic (exact) mass is 446 g/mol. The van der Waals surface area contributed by atoms with Crippen LogP contribution < -0.4 is 0 Å². The molecule has 0 saturated carbocycles. The fraction of sp³-hybridized carbons (Fsp3) is 0.300. The number of hydrogen-bond acceptors (Lipinski definition) is 3. The van der Waals surface area contributed by atoms with Crippen molar-refractivity contribution in [3.05, 3.63) is 65.2 Å². The van der Waals surface area contributed by atoms with Crippen molar-refractivity contribution in [1.29, 1.82) is 0 Å². The van der Waals surface area contributed by atoms with Crippen LogP contribution in [0.4, 0.5) is 32.0 Å². The summed E-state index contributed by atoms with van der Waals surface area (Å²) in [5, 5.41) is 0.234. The lowest BCUT2D eigenvalue weighted by molar-refractivity contribution is -0.138. The van der Waals surface area contributed by atoms with Crippen LogP contribution in [0.25, 0.3) is 0 Å². The summed E-state index contributed by atoms with van der Waals surface area (Å²) >= 11 is 1.22. The highest BCUT2D eigenvalue weighted by molar-refractivity contribution is 8.13. The second-order valence-electron chi connectivity index (χ2n) is 6.56. The highest BCUT2D eigenvalue weighted by atomic mass is 32.2. The molecule has 160 valence electrons. The first kappa shape index (κ1) is 22.2. The van der Waals surface area contributed by atoms with E-state index in [2.05, 4.69) is 4.99 Å². The first-order chi connectivity index (χ1) is 14.0. The molecule has 0 atom stereocenters. The number of halogens is 6. The molecular weight excluding hydrogens is 430 g/mol. The fourth-order valence-electron chi connectivity index (χ4n) is 2.87. The number of thioether (sulfide) groups is 1. The molecule has 0 aliphatic carbocycles. The molecule has 0 unspecified atom stereocenters. The topological polar surface area (TPSA) is 32.7 Å². The lowest BCUT2D eigenvalue weighted by Gasteiger charge is -2.28. The molecular formula is C20H16F6N2OS. The van der Waals surface area contributed by atoms with E-state index < -0.39 is 29.4 Å². The summed E-state index contributed by atoms with van der Waals surface area (Å²) in [6, 6.07) is 8.93. The molecule has 2 aromatic rings.